The molecule has 3 heterocycles. The predicted octanol–water partition coefficient (Wildman–Crippen LogP) is 6.74. The monoisotopic (exact) mass is 822 g/mol. The first kappa shape index (κ1) is 38.0. The van der Waals surface area contributed by atoms with E-state index in [4.69, 9.17) is 37.4 Å². The zero-order valence-corrected chi connectivity index (χ0v) is 33.2. The fourth-order valence-electron chi connectivity index (χ4n) is 9.98. The summed E-state index contributed by atoms with van der Waals surface area (Å²) < 4.78 is 16.6. The van der Waals surface area contributed by atoms with Crippen LogP contribution in [0.15, 0.2) is 96.6 Å². The van der Waals surface area contributed by atoms with E-state index in [1.807, 2.05) is 18.2 Å². The summed E-state index contributed by atoms with van der Waals surface area (Å²) in [6.07, 6.45) is 2.34. The third-order valence-corrected chi connectivity index (χ3v) is 13.1. The molecule has 9 rings (SSSR count). The normalized spacial score (nSPS) is 26.6. The molecule has 6 atom stereocenters. The molecule has 0 aromatic heterocycles. The van der Waals surface area contributed by atoms with E-state index in [2.05, 4.69) is 10.3 Å². The molecule has 3 aliphatic heterocycles. The number of benzene rings is 4. The molecular weight excluding hydrogens is 783 g/mol. The van der Waals surface area contributed by atoms with Gasteiger partial charge < -0.3 is 24.2 Å². The molecule has 4 amide bonds. The zero-order valence-electron chi connectivity index (χ0n) is 31.7. The molecule has 4 aromatic carbocycles. The van der Waals surface area contributed by atoms with Crippen molar-refractivity contribution in [3.05, 3.63) is 118 Å². The van der Waals surface area contributed by atoms with Crippen LogP contribution in [-0.2, 0) is 29.3 Å². The number of anilines is 3. The van der Waals surface area contributed by atoms with Crippen molar-refractivity contribution < 1.29 is 38.5 Å². The number of allylic oxidation sites excluding steroid dienone is 2. The van der Waals surface area contributed by atoms with E-state index in [0.29, 0.717) is 46.5 Å². The van der Waals surface area contributed by atoms with E-state index >= 15 is 9.59 Å². The van der Waals surface area contributed by atoms with Crippen LogP contribution in [0.25, 0.3) is 0 Å². The number of hydrazine groups is 1. The minimum absolute atomic E-state index is 0.102. The Morgan fingerprint density at radius 3 is 2.22 bits per heavy atom. The van der Waals surface area contributed by atoms with Gasteiger partial charge in [-0.1, -0.05) is 53.1 Å². The number of hydrogen-bond donors (Lipinski definition) is 2. The number of nitrogens with one attached hydrogen (secondary N) is 1. The molecule has 14 heteroatoms. The van der Waals surface area contributed by atoms with Gasteiger partial charge in [0.1, 0.15) is 5.75 Å². The Kier molecular flexibility index (Phi) is 9.61. The lowest BCUT2D eigenvalue weighted by Crippen LogP contribution is -2.53. The summed E-state index contributed by atoms with van der Waals surface area (Å²) >= 11 is 12.8. The topological polar surface area (TPSA) is 138 Å². The van der Waals surface area contributed by atoms with E-state index in [1.165, 1.54) is 24.1 Å². The molecule has 0 bridgehead atoms. The Hall–Kier alpha value is -5.56. The Labute approximate surface area is 344 Å². The molecule has 0 spiro atoms. The average molecular weight is 824 g/mol. The van der Waals surface area contributed by atoms with Gasteiger partial charge in [-0.3, -0.25) is 29.5 Å². The second-order valence-electron chi connectivity index (χ2n) is 15.3. The molecule has 58 heavy (non-hydrogen) atoms. The first-order valence-corrected chi connectivity index (χ1v) is 19.9. The second kappa shape index (κ2) is 14.7. The summed E-state index contributed by atoms with van der Waals surface area (Å²) in [4.78, 5) is 63.1. The van der Waals surface area contributed by atoms with Crippen LogP contribution in [0.3, 0.4) is 0 Å². The van der Waals surface area contributed by atoms with Crippen molar-refractivity contribution in [2.75, 3.05) is 55.7 Å². The van der Waals surface area contributed by atoms with Gasteiger partial charge in [0, 0.05) is 29.7 Å². The van der Waals surface area contributed by atoms with Gasteiger partial charge in [0.2, 0.25) is 11.8 Å². The van der Waals surface area contributed by atoms with Gasteiger partial charge in [-0.2, -0.15) is 5.01 Å². The number of carbonyl (C=O) groups excluding carboxylic acids is 4. The number of phenols is 1. The smallest absolute Gasteiger partial charge is 0.260 e. The summed E-state index contributed by atoms with van der Waals surface area (Å²) in [7, 11) is 2.98. The summed E-state index contributed by atoms with van der Waals surface area (Å²) in [5.41, 5.74) is 5.10. The lowest BCUT2D eigenvalue weighted by molar-refractivity contribution is -0.138. The molecule has 3 saturated heterocycles. The highest BCUT2D eigenvalue weighted by Crippen LogP contribution is 2.64. The van der Waals surface area contributed by atoms with Gasteiger partial charge in [-0.15, -0.1) is 0 Å². The number of methoxy groups -OCH3 is 2. The Balaban J connectivity index is 1.18. The van der Waals surface area contributed by atoms with Crippen molar-refractivity contribution in [3.63, 3.8) is 0 Å². The van der Waals surface area contributed by atoms with Crippen molar-refractivity contribution in [1.29, 1.82) is 0 Å². The largest absolute Gasteiger partial charge is 0.504 e. The second-order valence-corrected chi connectivity index (χ2v) is 16.1. The van der Waals surface area contributed by atoms with Crippen molar-refractivity contribution >= 4 is 63.9 Å². The van der Waals surface area contributed by atoms with Gasteiger partial charge in [-0.25, -0.2) is 0 Å². The molecule has 4 aromatic rings. The number of phenolic OH excluding ortho intramolecular Hbond substituents is 1. The number of nitrogens with zero attached hydrogens (tertiary/aromatic N) is 3. The van der Waals surface area contributed by atoms with Gasteiger partial charge in [0.15, 0.2) is 11.5 Å². The molecule has 2 N–H and O–H groups in total. The summed E-state index contributed by atoms with van der Waals surface area (Å²) in [5, 5.41) is 12.3. The highest BCUT2D eigenvalue weighted by atomic mass is 35.5. The quantitative estimate of drug-likeness (QED) is 0.145. The molecule has 298 valence electrons. The van der Waals surface area contributed by atoms with Crippen LogP contribution >= 0.6 is 23.2 Å². The molecule has 0 radical (unpaired) electrons. The minimum Gasteiger partial charge on any atom is -0.504 e. The number of hydrogen-bond acceptors (Lipinski definition) is 10. The highest BCUT2D eigenvalue weighted by molar-refractivity contribution is 6.36. The molecule has 1 saturated carbocycles. The maximum absolute atomic E-state index is 15.5. The lowest BCUT2D eigenvalue weighted by atomic mass is 9.49. The van der Waals surface area contributed by atoms with Crippen LogP contribution in [-0.4, -0.2) is 74.3 Å². The molecule has 0 unspecified atom stereocenters. The Morgan fingerprint density at radius 2 is 1.53 bits per heavy atom. The van der Waals surface area contributed by atoms with Crippen LogP contribution in [0.4, 0.5) is 17.1 Å². The molecule has 5 aliphatic rings. The van der Waals surface area contributed by atoms with Crippen LogP contribution in [0.1, 0.15) is 29.9 Å². The first-order chi connectivity index (χ1) is 28.1. The first-order valence-electron chi connectivity index (χ1n) is 19.2. The molecular formula is C44H40Cl2N4O8. The van der Waals surface area contributed by atoms with Crippen molar-refractivity contribution in [2.45, 2.75) is 24.2 Å². The van der Waals surface area contributed by atoms with Crippen molar-refractivity contribution in [2.24, 2.45) is 23.7 Å². The number of imide groups is 2. The van der Waals surface area contributed by atoms with Gasteiger partial charge in [0.05, 0.1) is 67.0 Å². The number of aromatic hydroxyl groups is 1. The third kappa shape index (κ3) is 5.83. The van der Waals surface area contributed by atoms with E-state index in [9.17, 15) is 14.7 Å². The number of rotatable bonds is 8. The van der Waals surface area contributed by atoms with Crippen molar-refractivity contribution in [3.8, 4) is 17.2 Å². The van der Waals surface area contributed by atoms with Crippen LogP contribution in [0.5, 0.6) is 17.2 Å². The number of amides is 4. The Morgan fingerprint density at radius 1 is 0.810 bits per heavy atom. The van der Waals surface area contributed by atoms with E-state index in [-0.39, 0.29) is 41.2 Å². The summed E-state index contributed by atoms with van der Waals surface area (Å²) in [5.74, 6) is -4.97. The standard InChI is InChI=1S/C44H40Cl2N4O8/c1-56-29-11-4-25(5-12-29)44-33(41(53)50(43(44)55)47-35-15-6-26(45)22-34(35)46)23-32-30(39(44)24-3-16-36(51)37(21-24)57-2)13-14-31-38(32)42(54)49(40(31)52)28-9-7-27(8-10-28)48-17-19-58-20-18-48/h3-13,15-16,21-22,31-33,38-39,47,51H,14,17-20,23H2,1-2H3/t31-,32+,33-,38-,39-,44+/m0/s1. The van der Waals surface area contributed by atoms with Gasteiger partial charge >= 0.3 is 0 Å². The number of halogens is 2. The highest BCUT2D eigenvalue weighted by Gasteiger charge is 2.70. The van der Waals surface area contributed by atoms with Gasteiger partial charge in [0.25, 0.3) is 11.8 Å². The molecule has 2 aliphatic carbocycles. The third-order valence-electron chi connectivity index (χ3n) is 12.6. The molecule has 12 nitrogen and oxygen atoms in total. The molecule has 4 fully saturated rings. The number of ether oxygens (including phenoxy) is 3. The number of carbonyl (C=O) groups is 4. The minimum atomic E-state index is -1.56. The number of morpholine rings is 1. The Bertz CT molecular complexity index is 2370. The maximum Gasteiger partial charge on any atom is 0.260 e. The van der Waals surface area contributed by atoms with Crippen molar-refractivity contribution in [1.82, 2.24) is 5.01 Å². The van der Waals surface area contributed by atoms with E-state index in [0.717, 1.165) is 29.4 Å². The van der Waals surface area contributed by atoms with E-state index in [1.54, 1.807) is 67.8 Å². The van der Waals surface area contributed by atoms with Crippen LogP contribution in [0, 0.1) is 23.7 Å². The zero-order chi connectivity index (χ0) is 40.5. The number of fused-ring (bicyclic) bond motifs is 4. The fraction of sp³-hybridized carbons (Fsp3) is 0.318. The average Bonchev–Trinajstić information content (AvgIpc) is 3.62. The van der Waals surface area contributed by atoms with Crippen LogP contribution < -0.4 is 24.7 Å². The van der Waals surface area contributed by atoms with E-state index < -0.39 is 46.8 Å². The fourth-order valence-corrected chi connectivity index (χ4v) is 10.4. The maximum atomic E-state index is 15.5. The summed E-state index contributed by atoms with van der Waals surface area (Å²) in [6, 6.07) is 24.1. The lowest BCUT2D eigenvalue weighted by Gasteiger charge is -2.50. The van der Waals surface area contributed by atoms with Gasteiger partial charge in [-0.05, 0) is 96.6 Å². The predicted molar refractivity (Wildman–Crippen MR) is 217 cm³/mol. The van der Waals surface area contributed by atoms with Crippen LogP contribution in [0.2, 0.25) is 10.0 Å². The summed E-state index contributed by atoms with van der Waals surface area (Å²) in [6.45, 7) is 2.74. The SMILES string of the molecule is COc1ccc([C@@]23C(=O)N(Nc4ccc(Cl)cc4Cl)C(=O)[C@@H]2C[C@@H]2C(=CC[C@@H]4C(=O)N(c5ccc(N6CCOCC6)cc5)C(=O)[C@@H]42)[C@@H]3c2ccc(O)c(OC)c2)cc1.